The van der Waals surface area contributed by atoms with Crippen LogP contribution in [0.15, 0.2) is 18.2 Å². The summed E-state index contributed by atoms with van der Waals surface area (Å²) in [6.07, 6.45) is 2.79. The van der Waals surface area contributed by atoms with Gasteiger partial charge in [0, 0.05) is 24.2 Å². The van der Waals surface area contributed by atoms with Gasteiger partial charge in [0.1, 0.15) is 0 Å². The Morgan fingerprint density at radius 1 is 1.24 bits per heavy atom. The van der Waals surface area contributed by atoms with Crippen molar-refractivity contribution in [2.24, 2.45) is 0 Å². The molecule has 2 aliphatic rings. The lowest BCUT2D eigenvalue weighted by molar-refractivity contribution is 0.590. The van der Waals surface area contributed by atoms with Crippen LogP contribution in [-0.2, 0) is 10.8 Å². The van der Waals surface area contributed by atoms with Crippen molar-refractivity contribution in [3.05, 3.63) is 29.3 Å². The molecule has 1 aliphatic carbocycles. The van der Waals surface area contributed by atoms with Gasteiger partial charge in [0.25, 0.3) is 0 Å². The molecule has 0 unspecified atom stereocenters. The summed E-state index contributed by atoms with van der Waals surface area (Å²) in [5, 5.41) is 0. The zero-order valence-electron chi connectivity index (χ0n) is 11.5. The van der Waals surface area contributed by atoms with Crippen LogP contribution < -0.4 is 4.90 Å². The van der Waals surface area contributed by atoms with Crippen molar-refractivity contribution >= 4 is 5.69 Å². The average Bonchev–Trinajstić information content (AvgIpc) is 2.97. The highest BCUT2D eigenvalue weighted by atomic mass is 15.2. The van der Waals surface area contributed by atoms with E-state index in [4.69, 9.17) is 0 Å². The number of hydrogen-bond acceptors (Lipinski definition) is 1. The highest BCUT2D eigenvalue weighted by Crippen LogP contribution is 2.56. The lowest BCUT2D eigenvalue weighted by Gasteiger charge is -2.22. The van der Waals surface area contributed by atoms with Gasteiger partial charge in [-0.2, -0.15) is 0 Å². The SMILES string of the molecule is CCN1CC2(CC2)c2ccc(C(C)(C)C)cc21. The van der Waals surface area contributed by atoms with Crippen LogP contribution in [-0.4, -0.2) is 13.1 Å². The predicted molar refractivity (Wildman–Crippen MR) is 73.9 cm³/mol. The summed E-state index contributed by atoms with van der Waals surface area (Å²) in [5.74, 6) is 0. The monoisotopic (exact) mass is 229 g/mol. The van der Waals surface area contributed by atoms with Gasteiger partial charge in [-0.1, -0.05) is 32.9 Å². The minimum absolute atomic E-state index is 0.258. The Morgan fingerprint density at radius 2 is 1.94 bits per heavy atom. The predicted octanol–water partition coefficient (Wildman–Crippen LogP) is 3.86. The molecule has 0 atom stereocenters. The minimum Gasteiger partial charge on any atom is -0.371 e. The van der Waals surface area contributed by atoms with Gasteiger partial charge in [0.15, 0.2) is 0 Å². The van der Waals surface area contributed by atoms with E-state index in [2.05, 4.69) is 50.8 Å². The molecule has 0 radical (unpaired) electrons. The second-order valence-electron chi connectivity index (χ2n) is 6.78. The van der Waals surface area contributed by atoms with E-state index >= 15 is 0 Å². The van der Waals surface area contributed by atoms with Crippen molar-refractivity contribution in [2.75, 3.05) is 18.0 Å². The fourth-order valence-electron chi connectivity index (χ4n) is 3.10. The Balaban J connectivity index is 2.08. The zero-order valence-corrected chi connectivity index (χ0v) is 11.5. The first-order valence-corrected chi connectivity index (χ1v) is 6.86. The van der Waals surface area contributed by atoms with Gasteiger partial charge in [-0.05, 0) is 42.4 Å². The Bertz CT molecular complexity index is 449. The average molecular weight is 229 g/mol. The molecule has 0 bridgehead atoms. The summed E-state index contributed by atoms with van der Waals surface area (Å²) < 4.78 is 0. The second-order valence-corrected chi connectivity index (χ2v) is 6.78. The third-order valence-electron chi connectivity index (χ3n) is 4.50. The van der Waals surface area contributed by atoms with E-state index in [0.29, 0.717) is 5.41 Å². The molecule has 1 aliphatic heterocycles. The largest absolute Gasteiger partial charge is 0.371 e. The quantitative estimate of drug-likeness (QED) is 0.707. The van der Waals surface area contributed by atoms with Crippen LogP contribution in [0.1, 0.15) is 51.7 Å². The van der Waals surface area contributed by atoms with E-state index in [0.717, 1.165) is 6.54 Å². The first-order valence-electron chi connectivity index (χ1n) is 6.86. The molecule has 0 saturated heterocycles. The lowest BCUT2D eigenvalue weighted by Crippen LogP contribution is -2.23. The smallest absolute Gasteiger partial charge is 0.0408 e. The number of hydrogen-bond donors (Lipinski definition) is 0. The molecule has 3 rings (SSSR count). The summed E-state index contributed by atoms with van der Waals surface area (Å²) in [6, 6.07) is 7.18. The standard InChI is InChI=1S/C16H23N/c1-5-17-11-16(8-9-16)13-7-6-12(10-14(13)17)15(2,3)4/h6-7,10H,5,8-9,11H2,1-4H3. The zero-order chi connectivity index (χ0) is 12.3. The molecule has 0 aromatic heterocycles. The van der Waals surface area contributed by atoms with Crippen molar-refractivity contribution in [1.82, 2.24) is 0 Å². The summed E-state index contributed by atoms with van der Waals surface area (Å²) in [4.78, 5) is 2.57. The van der Waals surface area contributed by atoms with Crippen LogP contribution in [0.5, 0.6) is 0 Å². The molecule has 1 heteroatoms. The van der Waals surface area contributed by atoms with Crippen molar-refractivity contribution < 1.29 is 0 Å². The first-order chi connectivity index (χ1) is 7.96. The van der Waals surface area contributed by atoms with E-state index in [1.54, 1.807) is 5.56 Å². The number of rotatable bonds is 1. The maximum atomic E-state index is 2.57. The second kappa shape index (κ2) is 3.28. The van der Waals surface area contributed by atoms with E-state index in [1.807, 2.05) is 0 Å². The molecule has 1 aromatic carbocycles. The van der Waals surface area contributed by atoms with Crippen molar-refractivity contribution in [3.8, 4) is 0 Å². The molecular formula is C16H23N. The van der Waals surface area contributed by atoms with Gasteiger partial charge >= 0.3 is 0 Å². The molecular weight excluding hydrogens is 206 g/mol. The maximum absolute atomic E-state index is 2.57. The molecule has 0 N–H and O–H groups in total. The summed E-state index contributed by atoms with van der Waals surface area (Å²) in [7, 11) is 0. The van der Waals surface area contributed by atoms with Gasteiger partial charge in [-0.25, -0.2) is 0 Å². The van der Waals surface area contributed by atoms with Crippen molar-refractivity contribution in [1.29, 1.82) is 0 Å². The number of benzene rings is 1. The molecule has 92 valence electrons. The highest BCUT2D eigenvalue weighted by molar-refractivity contribution is 5.66. The van der Waals surface area contributed by atoms with Crippen LogP contribution in [0.3, 0.4) is 0 Å². The fourth-order valence-corrected chi connectivity index (χ4v) is 3.10. The van der Waals surface area contributed by atoms with E-state index < -0.39 is 0 Å². The number of nitrogens with zero attached hydrogens (tertiary/aromatic N) is 1. The van der Waals surface area contributed by atoms with Gasteiger partial charge in [-0.3, -0.25) is 0 Å². The van der Waals surface area contributed by atoms with Gasteiger partial charge in [0.2, 0.25) is 0 Å². The Hall–Kier alpha value is -0.980. The fraction of sp³-hybridized carbons (Fsp3) is 0.625. The van der Waals surface area contributed by atoms with Gasteiger partial charge in [-0.15, -0.1) is 0 Å². The van der Waals surface area contributed by atoms with Crippen LogP contribution in [0.2, 0.25) is 0 Å². The molecule has 0 amide bonds. The minimum atomic E-state index is 0.258. The van der Waals surface area contributed by atoms with Crippen LogP contribution >= 0.6 is 0 Å². The molecule has 17 heavy (non-hydrogen) atoms. The summed E-state index contributed by atoms with van der Waals surface area (Å²) in [5.41, 5.74) is 5.40. The molecule has 1 aromatic rings. The first kappa shape index (κ1) is 11.1. The maximum Gasteiger partial charge on any atom is 0.0408 e. The third-order valence-corrected chi connectivity index (χ3v) is 4.50. The Kier molecular flexibility index (Phi) is 2.14. The molecule has 1 saturated carbocycles. The third kappa shape index (κ3) is 1.59. The van der Waals surface area contributed by atoms with Crippen LogP contribution in [0.25, 0.3) is 0 Å². The van der Waals surface area contributed by atoms with Crippen molar-refractivity contribution in [2.45, 2.75) is 51.4 Å². The number of anilines is 1. The van der Waals surface area contributed by atoms with E-state index in [-0.39, 0.29) is 5.41 Å². The van der Waals surface area contributed by atoms with Crippen molar-refractivity contribution in [3.63, 3.8) is 0 Å². The summed E-state index contributed by atoms with van der Waals surface area (Å²) in [6.45, 7) is 11.6. The number of likely N-dealkylation sites (N-methyl/N-ethyl adjacent to an activating group) is 1. The Labute approximate surface area is 105 Å². The summed E-state index contributed by atoms with van der Waals surface area (Å²) >= 11 is 0. The topological polar surface area (TPSA) is 3.24 Å². The molecule has 1 nitrogen and oxygen atoms in total. The molecule has 1 fully saturated rings. The molecule has 1 heterocycles. The number of fused-ring (bicyclic) bond motifs is 2. The lowest BCUT2D eigenvalue weighted by atomic mass is 9.85. The van der Waals surface area contributed by atoms with Gasteiger partial charge < -0.3 is 4.90 Å². The van der Waals surface area contributed by atoms with Gasteiger partial charge in [0.05, 0.1) is 0 Å². The van der Waals surface area contributed by atoms with E-state index in [1.165, 1.54) is 30.6 Å². The Morgan fingerprint density at radius 3 is 2.47 bits per heavy atom. The van der Waals surface area contributed by atoms with Crippen LogP contribution in [0.4, 0.5) is 5.69 Å². The molecule has 1 spiro atoms. The highest BCUT2D eigenvalue weighted by Gasteiger charge is 2.51. The van der Waals surface area contributed by atoms with Crippen LogP contribution in [0, 0.1) is 0 Å². The normalized spacial score (nSPS) is 20.8. The van der Waals surface area contributed by atoms with E-state index in [9.17, 15) is 0 Å².